The molecule has 140 valence electrons. The van der Waals surface area contributed by atoms with E-state index < -0.39 is 0 Å². The van der Waals surface area contributed by atoms with Gasteiger partial charge in [0.25, 0.3) is 5.91 Å². The number of piperazine rings is 1. The quantitative estimate of drug-likeness (QED) is 0.484. The molecular formula is C20H19ClIN3O2. The van der Waals surface area contributed by atoms with Crippen LogP contribution >= 0.6 is 34.2 Å². The number of halogens is 2. The van der Waals surface area contributed by atoms with Crippen molar-refractivity contribution in [2.45, 2.75) is 12.5 Å². The van der Waals surface area contributed by atoms with Gasteiger partial charge < -0.3 is 4.90 Å². The number of amides is 2. The third-order valence-corrected chi connectivity index (χ3v) is 6.13. The van der Waals surface area contributed by atoms with Crippen LogP contribution in [0.15, 0.2) is 48.5 Å². The molecule has 2 aliphatic heterocycles. The third kappa shape index (κ3) is 3.83. The smallest absolute Gasteiger partial charge is 0.251 e. The number of hydrogen-bond acceptors (Lipinski definition) is 4. The number of hydrogen-bond donors (Lipinski definition) is 0. The van der Waals surface area contributed by atoms with E-state index >= 15 is 0 Å². The number of imide groups is 1. The molecule has 2 aromatic carbocycles. The minimum atomic E-state index is -0.357. The SMILES string of the molecule is O=C1C[C@H](N2CCN(c3ccc(Cl)cc3)CC2)C(=O)N1c1ccc(I)cc1. The van der Waals surface area contributed by atoms with Crippen LogP contribution < -0.4 is 9.80 Å². The van der Waals surface area contributed by atoms with Gasteiger partial charge in [0.2, 0.25) is 5.91 Å². The second-order valence-electron chi connectivity index (χ2n) is 6.76. The van der Waals surface area contributed by atoms with Gasteiger partial charge in [0, 0.05) is 40.5 Å². The van der Waals surface area contributed by atoms with Crippen molar-refractivity contribution in [1.29, 1.82) is 0 Å². The summed E-state index contributed by atoms with van der Waals surface area (Å²) in [5, 5.41) is 0.725. The highest BCUT2D eigenvalue weighted by atomic mass is 127. The van der Waals surface area contributed by atoms with Crippen molar-refractivity contribution in [3.05, 3.63) is 57.1 Å². The van der Waals surface area contributed by atoms with Crippen molar-refractivity contribution in [3.63, 3.8) is 0 Å². The van der Waals surface area contributed by atoms with Crippen LogP contribution in [0.4, 0.5) is 11.4 Å². The number of benzene rings is 2. The van der Waals surface area contributed by atoms with Crippen molar-refractivity contribution in [2.24, 2.45) is 0 Å². The molecule has 0 spiro atoms. The lowest BCUT2D eigenvalue weighted by molar-refractivity contribution is -0.123. The molecule has 0 aromatic heterocycles. The van der Waals surface area contributed by atoms with E-state index in [4.69, 9.17) is 11.6 Å². The molecule has 2 amide bonds. The highest BCUT2D eigenvalue weighted by Gasteiger charge is 2.43. The summed E-state index contributed by atoms with van der Waals surface area (Å²) in [7, 11) is 0. The molecular weight excluding hydrogens is 477 g/mol. The van der Waals surface area contributed by atoms with E-state index in [1.54, 1.807) is 0 Å². The predicted octanol–water partition coefficient (Wildman–Crippen LogP) is 3.40. The summed E-state index contributed by atoms with van der Waals surface area (Å²) in [5.74, 6) is -0.229. The van der Waals surface area contributed by atoms with Crippen LogP contribution in [0, 0.1) is 3.57 Å². The first-order valence-electron chi connectivity index (χ1n) is 8.90. The number of rotatable bonds is 3. The zero-order chi connectivity index (χ0) is 19.0. The van der Waals surface area contributed by atoms with Gasteiger partial charge in [-0.2, -0.15) is 0 Å². The van der Waals surface area contributed by atoms with E-state index in [1.807, 2.05) is 48.5 Å². The minimum absolute atomic E-state index is 0.110. The Balaban J connectivity index is 1.43. The summed E-state index contributed by atoms with van der Waals surface area (Å²) in [4.78, 5) is 31.2. The Labute approximate surface area is 177 Å². The van der Waals surface area contributed by atoms with Crippen molar-refractivity contribution < 1.29 is 9.59 Å². The summed E-state index contributed by atoms with van der Waals surface area (Å²) in [6, 6.07) is 14.9. The van der Waals surface area contributed by atoms with Crippen molar-refractivity contribution in [2.75, 3.05) is 36.0 Å². The normalized spacial score (nSPS) is 21.2. The predicted molar refractivity (Wildman–Crippen MR) is 115 cm³/mol. The van der Waals surface area contributed by atoms with Crippen LogP contribution in [-0.4, -0.2) is 48.9 Å². The molecule has 0 N–H and O–H groups in total. The maximum atomic E-state index is 12.9. The van der Waals surface area contributed by atoms with Crippen LogP contribution in [0.25, 0.3) is 0 Å². The summed E-state index contributed by atoms with van der Waals surface area (Å²) in [5.41, 5.74) is 1.79. The molecule has 0 saturated carbocycles. The standard InChI is InChI=1S/C20H19ClIN3O2/c21-14-1-5-16(6-2-14)23-9-11-24(12-10-23)18-13-19(26)25(20(18)27)17-7-3-15(22)4-8-17/h1-8,18H,9-13H2/t18-/m0/s1. The topological polar surface area (TPSA) is 43.9 Å². The van der Waals surface area contributed by atoms with Crippen LogP contribution in [0.5, 0.6) is 0 Å². The lowest BCUT2D eigenvalue weighted by atomic mass is 10.1. The van der Waals surface area contributed by atoms with Gasteiger partial charge >= 0.3 is 0 Å². The second-order valence-corrected chi connectivity index (χ2v) is 8.45. The van der Waals surface area contributed by atoms with Gasteiger partial charge in [0.1, 0.15) is 0 Å². The highest BCUT2D eigenvalue weighted by molar-refractivity contribution is 14.1. The van der Waals surface area contributed by atoms with E-state index in [9.17, 15) is 9.59 Å². The van der Waals surface area contributed by atoms with E-state index in [0.717, 1.165) is 40.5 Å². The van der Waals surface area contributed by atoms with Crippen molar-refractivity contribution in [1.82, 2.24) is 4.90 Å². The Morgan fingerprint density at radius 1 is 0.852 bits per heavy atom. The lowest BCUT2D eigenvalue weighted by Gasteiger charge is -2.38. The van der Waals surface area contributed by atoms with E-state index in [2.05, 4.69) is 32.4 Å². The van der Waals surface area contributed by atoms with Crippen molar-refractivity contribution in [3.8, 4) is 0 Å². The van der Waals surface area contributed by atoms with Crippen LogP contribution in [0.3, 0.4) is 0 Å². The Kier molecular flexibility index (Phi) is 5.39. The highest BCUT2D eigenvalue weighted by Crippen LogP contribution is 2.28. The summed E-state index contributed by atoms with van der Waals surface area (Å²) in [6.07, 6.45) is 0.256. The minimum Gasteiger partial charge on any atom is -0.369 e. The number of anilines is 2. The average molecular weight is 496 g/mol. The van der Waals surface area contributed by atoms with Gasteiger partial charge in [0.05, 0.1) is 18.2 Å². The first-order valence-corrected chi connectivity index (χ1v) is 10.4. The van der Waals surface area contributed by atoms with Crippen LogP contribution in [-0.2, 0) is 9.59 Å². The average Bonchev–Trinajstić information content (AvgIpc) is 2.98. The van der Waals surface area contributed by atoms with Gasteiger partial charge in [-0.3, -0.25) is 14.5 Å². The maximum absolute atomic E-state index is 12.9. The molecule has 2 heterocycles. The number of carbonyl (C=O) groups is 2. The first-order chi connectivity index (χ1) is 13.0. The molecule has 0 bridgehead atoms. The summed E-state index contributed by atoms with van der Waals surface area (Å²) in [6.45, 7) is 3.16. The Morgan fingerprint density at radius 3 is 2.07 bits per heavy atom. The Hall–Kier alpha value is -1.64. The molecule has 2 aromatic rings. The number of nitrogens with zero attached hydrogens (tertiary/aromatic N) is 3. The molecule has 5 nitrogen and oxygen atoms in total. The molecule has 2 aliphatic rings. The lowest BCUT2D eigenvalue weighted by Crippen LogP contribution is -2.52. The van der Waals surface area contributed by atoms with Gasteiger partial charge in [-0.25, -0.2) is 4.90 Å². The van der Waals surface area contributed by atoms with Crippen molar-refractivity contribution >= 4 is 57.4 Å². The fraction of sp³-hybridized carbons (Fsp3) is 0.300. The summed E-state index contributed by atoms with van der Waals surface area (Å²) < 4.78 is 1.07. The van der Waals surface area contributed by atoms with E-state index in [-0.39, 0.29) is 24.3 Å². The zero-order valence-electron chi connectivity index (χ0n) is 14.6. The molecule has 27 heavy (non-hydrogen) atoms. The second kappa shape index (κ2) is 7.77. The van der Waals surface area contributed by atoms with E-state index in [0.29, 0.717) is 5.69 Å². The van der Waals surface area contributed by atoms with Gasteiger partial charge in [-0.15, -0.1) is 0 Å². The molecule has 0 unspecified atom stereocenters. The van der Waals surface area contributed by atoms with Crippen LogP contribution in [0.1, 0.15) is 6.42 Å². The fourth-order valence-corrected chi connectivity index (χ4v) is 4.19. The van der Waals surface area contributed by atoms with Gasteiger partial charge in [-0.05, 0) is 71.1 Å². The number of carbonyl (C=O) groups excluding carboxylic acids is 2. The largest absolute Gasteiger partial charge is 0.369 e. The molecule has 7 heteroatoms. The van der Waals surface area contributed by atoms with Gasteiger partial charge in [0.15, 0.2) is 0 Å². The molecule has 2 saturated heterocycles. The molecule has 2 fully saturated rings. The molecule has 1 atom stereocenters. The summed E-state index contributed by atoms with van der Waals surface area (Å²) >= 11 is 8.17. The molecule has 0 aliphatic carbocycles. The zero-order valence-corrected chi connectivity index (χ0v) is 17.6. The monoisotopic (exact) mass is 495 g/mol. The van der Waals surface area contributed by atoms with Gasteiger partial charge in [-0.1, -0.05) is 11.6 Å². The third-order valence-electron chi connectivity index (χ3n) is 5.15. The van der Waals surface area contributed by atoms with Crippen LogP contribution in [0.2, 0.25) is 5.02 Å². The molecule has 4 rings (SSSR count). The first kappa shape index (κ1) is 18.7. The Bertz CT molecular complexity index is 849. The maximum Gasteiger partial charge on any atom is 0.251 e. The molecule has 0 radical (unpaired) electrons. The Morgan fingerprint density at radius 2 is 1.44 bits per heavy atom. The van der Waals surface area contributed by atoms with E-state index in [1.165, 1.54) is 4.90 Å². The fourth-order valence-electron chi connectivity index (χ4n) is 3.71.